The first-order chi connectivity index (χ1) is 12.0. The van der Waals surface area contributed by atoms with Crippen molar-refractivity contribution in [2.24, 2.45) is 0 Å². The van der Waals surface area contributed by atoms with Crippen molar-refractivity contribution < 1.29 is 9.00 Å². The molecule has 1 aromatic carbocycles. The van der Waals surface area contributed by atoms with Crippen LogP contribution >= 0.6 is 0 Å². The predicted octanol–water partition coefficient (Wildman–Crippen LogP) is 2.82. The van der Waals surface area contributed by atoms with E-state index in [2.05, 4.69) is 21.8 Å². The van der Waals surface area contributed by atoms with Crippen molar-refractivity contribution in [1.82, 2.24) is 9.71 Å². The SMILES string of the molecule is CC(C)S(=O)NCc1cncc(-c2ccc3c(c2)CCC(=O)N3C)c1. The van der Waals surface area contributed by atoms with E-state index in [-0.39, 0.29) is 11.2 Å². The van der Waals surface area contributed by atoms with Gasteiger partial charge in [-0.3, -0.25) is 9.78 Å². The highest BCUT2D eigenvalue weighted by molar-refractivity contribution is 7.83. The van der Waals surface area contributed by atoms with Crippen molar-refractivity contribution in [1.29, 1.82) is 0 Å². The summed E-state index contributed by atoms with van der Waals surface area (Å²) in [6.07, 6.45) is 4.95. The number of hydrogen-bond donors (Lipinski definition) is 1. The van der Waals surface area contributed by atoms with Crippen LogP contribution in [-0.4, -0.2) is 27.4 Å². The molecule has 1 unspecified atom stereocenters. The average Bonchev–Trinajstić information content (AvgIpc) is 2.62. The molecular weight excluding hydrogens is 334 g/mol. The molecule has 1 aliphatic rings. The zero-order valence-corrected chi connectivity index (χ0v) is 15.6. The van der Waals surface area contributed by atoms with Crippen LogP contribution in [0, 0.1) is 0 Å². The second-order valence-corrected chi connectivity index (χ2v) is 8.37. The monoisotopic (exact) mass is 357 g/mol. The molecule has 3 rings (SSSR count). The van der Waals surface area contributed by atoms with Crippen molar-refractivity contribution in [3.63, 3.8) is 0 Å². The number of pyridine rings is 1. The van der Waals surface area contributed by atoms with Gasteiger partial charge in [-0.15, -0.1) is 0 Å². The molecule has 0 spiro atoms. The van der Waals surface area contributed by atoms with E-state index < -0.39 is 11.0 Å². The van der Waals surface area contributed by atoms with E-state index in [1.54, 1.807) is 11.1 Å². The molecule has 0 aliphatic carbocycles. The zero-order valence-electron chi connectivity index (χ0n) is 14.8. The van der Waals surface area contributed by atoms with Crippen molar-refractivity contribution in [2.45, 2.75) is 38.5 Å². The quantitative estimate of drug-likeness (QED) is 0.895. The molecule has 2 heterocycles. The maximum absolute atomic E-state index is 11.8. The third-order valence-electron chi connectivity index (χ3n) is 4.40. The lowest BCUT2D eigenvalue weighted by molar-refractivity contribution is -0.118. The summed E-state index contributed by atoms with van der Waals surface area (Å²) in [5.41, 5.74) is 5.27. The summed E-state index contributed by atoms with van der Waals surface area (Å²) in [5, 5.41) is 0.0801. The van der Waals surface area contributed by atoms with Crippen LogP contribution in [0.3, 0.4) is 0 Å². The van der Waals surface area contributed by atoms with Gasteiger partial charge < -0.3 is 4.90 Å². The Morgan fingerprint density at radius 2 is 2.00 bits per heavy atom. The van der Waals surface area contributed by atoms with Crippen molar-refractivity contribution in [3.8, 4) is 11.1 Å². The first kappa shape index (κ1) is 17.8. The second-order valence-electron chi connectivity index (χ2n) is 6.55. The Balaban J connectivity index is 1.82. The number of hydrogen-bond acceptors (Lipinski definition) is 3. The van der Waals surface area contributed by atoms with E-state index in [0.717, 1.165) is 28.8 Å². The summed E-state index contributed by atoms with van der Waals surface area (Å²) in [6.45, 7) is 4.37. The van der Waals surface area contributed by atoms with Crippen LogP contribution in [0.15, 0.2) is 36.7 Å². The number of aromatic nitrogens is 1. The molecule has 1 aromatic heterocycles. The van der Waals surface area contributed by atoms with Crippen LogP contribution in [0.5, 0.6) is 0 Å². The van der Waals surface area contributed by atoms with E-state index in [0.29, 0.717) is 13.0 Å². The van der Waals surface area contributed by atoms with Gasteiger partial charge in [0, 0.05) is 48.9 Å². The van der Waals surface area contributed by atoms with E-state index in [4.69, 9.17) is 0 Å². The minimum absolute atomic E-state index is 0.0801. The molecule has 0 fully saturated rings. The van der Waals surface area contributed by atoms with Gasteiger partial charge in [-0.25, -0.2) is 8.93 Å². The fraction of sp³-hybridized carbons (Fsp3) is 0.368. The van der Waals surface area contributed by atoms with Crippen LogP contribution in [0.2, 0.25) is 0 Å². The molecule has 1 atom stereocenters. The average molecular weight is 357 g/mol. The van der Waals surface area contributed by atoms with Crippen molar-refractivity contribution in [3.05, 3.63) is 47.8 Å². The molecule has 1 amide bonds. The molecule has 0 bridgehead atoms. The van der Waals surface area contributed by atoms with E-state index in [1.807, 2.05) is 39.2 Å². The zero-order chi connectivity index (χ0) is 18.0. The minimum Gasteiger partial charge on any atom is -0.315 e. The Hall–Kier alpha value is -2.05. The molecule has 0 saturated heterocycles. The van der Waals surface area contributed by atoms with Gasteiger partial charge in [0.2, 0.25) is 5.91 Å². The molecule has 2 aromatic rings. The standard InChI is InChI=1S/C19H23N3O2S/c1-13(2)25(24)21-11-14-8-17(12-20-10-14)15-4-6-18-16(9-15)5-7-19(23)22(18)3/h4,6,8-10,12-13,21H,5,7,11H2,1-3H3. The summed E-state index contributed by atoms with van der Waals surface area (Å²) in [5.74, 6) is 0.160. The molecule has 6 heteroatoms. The third-order valence-corrected chi connectivity index (χ3v) is 5.68. The number of amides is 1. The number of carbonyl (C=O) groups excluding carboxylic acids is 1. The fourth-order valence-corrected chi connectivity index (χ4v) is 3.54. The number of anilines is 1. The number of aryl methyl sites for hydroxylation is 1. The Labute approximate surface area is 151 Å². The van der Waals surface area contributed by atoms with E-state index in [1.165, 1.54) is 5.56 Å². The lowest BCUT2D eigenvalue weighted by atomic mass is 9.96. The Bertz CT molecular complexity index is 820. The van der Waals surface area contributed by atoms with E-state index >= 15 is 0 Å². The number of fused-ring (bicyclic) bond motifs is 1. The molecule has 132 valence electrons. The number of carbonyl (C=O) groups is 1. The van der Waals surface area contributed by atoms with Gasteiger partial charge in [-0.1, -0.05) is 6.07 Å². The Kier molecular flexibility index (Phi) is 5.30. The molecular formula is C19H23N3O2S. The molecule has 5 nitrogen and oxygen atoms in total. The van der Waals surface area contributed by atoms with Crippen molar-refractivity contribution >= 4 is 22.6 Å². The maximum Gasteiger partial charge on any atom is 0.227 e. The van der Waals surface area contributed by atoms with Gasteiger partial charge in [0.25, 0.3) is 0 Å². The number of rotatable bonds is 5. The first-order valence-corrected chi connectivity index (χ1v) is 9.65. The van der Waals surface area contributed by atoms with Crippen LogP contribution in [0.1, 0.15) is 31.4 Å². The van der Waals surface area contributed by atoms with Crippen LogP contribution in [0.4, 0.5) is 5.69 Å². The highest BCUT2D eigenvalue weighted by Crippen LogP contribution is 2.31. The Morgan fingerprint density at radius 3 is 2.76 bits per heavy atom. The maximum atomic E-state index is 11.8. The largest absolute Gasteiger partial charge is 0.315 e. The van der Waals surface area contributed by atoms with E-state index in [9.17, 15) is 9.00 Å². The lowest BCUT2D eigenvalue weighted by Crippen LogP contribution is -2.30. The van der Waals surface area contributed by atoms with Crippen LogP contribution in [0.25, 0.3) is 11.1 Å². The highest BCUT2D eigenvalue weighted by atomic mass is 32.2. The smallest absolute Gasteiger partial charge is 0.227 e. The summed E-state index contributed by atoms with van der Waals surface area (Å²) < 4.78 is 14.9. The van der Waals surface area contributed by atoms with Gasteiger partial charge in [-0.2, -0.15) is 0 Å². The number of nitrogens with zero attached hydrogens (tertiary/aromatic N) is 2. The molecule has 25 heavy (non-hydrogen) atoms. The third kappa shape index (κ3) is 3.96. The fourth-order valence-electron chi connectivity index (χ4n) is 2.90. The Morgan fingerprint density at radius 1 is 1.20 bits per heavy atom. The molecule has 1 N–H and O–H groups in total. The van der Waals surface area contributed by atoms with Gasteiger partial charge in [0.1, 0.15) is 0 Å². The minimum atomic E-state index is -1.05. The molecule has 1 aliphatic heterocycles. The normalized spacial score (nSPS) is 15.4. The summed E-state index contributed by atoms with van der Waals surface area (Å²) in [4.78, 5) is 17.9. The summed E-state index contributed by atoms with van der Waals surface area (Å²) in [7, 11) is 0.774. The second kappa shape index (κ2) is 7.45. The van der Waals surface area contributed by atoms with Crippen LogP contribution < -0.4 is 9.62 Å². The lowest BCUT2D eigenvalue weighted by Gasteiger charge is -2.26. The summed E-state index contributed by atoms with van der Waals surface area (Å²) >= 11 is 0. The van der Waals surface area contributed by atoms with Gasteiger partial charge in [-0.05, 0) is 55.2 Å². The first-order valence-electron chi connectivity index (χ1n) is 8.43. The number of nitrogens with one attached hydrogen (secondary N) is 1. The number of benzene rings is 1. The summed E-state index contributed by atoms with van der Waals surface area (Å²) in [6, 6.07) is 8.23. The van der Waals surface area contributed by atoms with Gasteiger partial charge in [0.05, 0.1) is 11.0 Å². The van der Waals surface area contributed by atoms with Gasteiger partial charge in [0.15, 0.2) is 0 Å². The topological polar surface area (TPSA) is 62.3 Å². The highest BCUT2D eigenvalue weighted by Gasteiger charge is 2.21. The van der Waals surface area contributed by atoms with Crippen LogP contribution in [-0.2, 0) is 28.7 Å². The predicted molar refractivity (Wildman–Crippen MR) is 102 cm³/mol. The molecule has 0 saturated carbocycles. The van der Waals surface area contributed by atoms with Crippen molar-refractivity contribution in [2.75, 3.05) is 11.9 Å². The molecule has 0 radical (unpaired) electrons. The van der Waals surface area contributed by atoms with Gasteiger partial charge >= 0.3 is 0 Å².